The van der Waals surface area contributed by atoms with Crippen LogP contribution in [0.15, 0.2) is 54.9 Å². The van der Waals surface area contributed by atoms with Crippen molar-refractivity contribution in [1.82, 2.24) is 14.8 Å². The molecule has 1 aliphatic heterocycles. The van der Waals surface area contributed by atoms with Crippen molar-refractivity contribution in [3.05, 3.63) is 60.4 Å². The highest BCUT2D eigenvalue weighted by molar-refractivity contribution is 5.94. The van der Waals surface area contributed by atoms with E-state index in [1.54, 1.807) is 46.1 Å². The number of hydrogen-bond donors (Lipinski definition) is 0. The quantitative estimate of drug-likeness (QED) is 0.696. The fraction of sp³-hybridized carbons (Fsp3) is 0.250. The van der Waals surface area contributed by atoms with E-state index in [1.807, 2.05) is 25.4 Å². The van der Waals surface area contributed by atoms with Crippen molar-refractivity contribution in [2.24, 2.45) is 7.05 Å². The van der Waals surface area contributed by atoms with Crippen molar-refractivity contribution in [3.8, 4) is 17.4 Å². The Kier molecular flexibility index (Phi) is 4.74. The lowest BCUT2D eigenvalue weighted by atomic mass is 10.1. The normalized spacial score (nSPS) is 13.1. The summed E-state index contributed by atoms with van der Waals surface area (Å²) in [6.07, 6.45) is 5.39. The molecule has 0 unspecified atom stereocenters. The third-order valence-electron chi connectivity index (χ3n) is 4.41. The van der Waals surface area contributed by atoms with E-state index in [4.69, 9.17) is 9.47 Å². The van der Waals surface area contributed by atoms with Crippen LogP contribution in [0.4, 0.5) is 5.82 Å². The van der Waals surface area contributed by atoms with Crippen LogP contribution in [-0.4, -0.2) is 33.8 Å². The fourth-order valence-corrected chi connectivity index (χ4v) is 3.13. The van der Waals surface area contributed by atoms with E-state index in [0.29, 0.717) is 23.9 Å². The van der Waals surface area contributed by atoms with Gasteiger partial charge in [-0.3, -0.25) is 14.4 Å². The van der Waals surface area contributed by atoms with Crippen LogP contribution in [0, 0.1) is 0 Å². The van der Waals surface area contributed by atoms with Gasteiger partial charge in [-0.2, -0.15) is 5.10 Å². The standard InChI is InChI=1S/C20H20N4O3/c1-23-20-15(13-22-23)5-4-12-24(20)19(25)14-26-16-7-9-17(10-8-16)27-18-6-2-3-11-21-18/h2-3,6-11,13H,4-5,12,14H2,1H3. The monoisotopic (exact) mass is 364 g/mol. The van der Waals surface area contributed by atoms with Crippen LogP contribution in [0.5, 0.6) is 17.4 Å². The number of nitrogens with zero attached hydrogens (tertiary/aromatic N) is 4. The van der Waals surface area contributed by atoms with Gasteiger partial charge in [-0.25, -0.2) is 4.98 Å². The van der Waals surface area contributed by atoms with Crippen molar-refractivity contribution in [2.45, 2.75) is 12.8 Å². The molecule has 138 valence electrons. The minimum absolute atomic E-state index is 0.0228. The van der Waals surface area contributed by atoms with Gasteiger partial charge in [0, 0.05) is 31.4 Å². The molecule has 3 aromatic rings. The van der Waals surface area contributed by atoms with E-state index in [2.05, 4.69) is 10.1 Å². The van der Waals surface area contributed by atoms with Crippen LogP contribution in [0.25, 0.3) is 0 Å². The first kappa shape index (κ1) is 17.1. The maximum atomic E-state index is 12.6. The first-order chi connectivity index (χ1) is 13.2. The number of hydrogen-bond acceptors (Lipinski definition) is 5. The maximum absolute atomic E-state index is 12.6. The number of ether oxygens (including phenoxy) is 2. The summed E-state index contributed by atoms with van der Waals surface area (Å²) >= 11 is 0. The number of pyridine rings is 1. The average Bonchev–Trinajstić information content (AvgIpc) is 3.09. The molecule has 0 radical (unpaired) electrons. The van der Waals surface area contributed by atoms with Crippen LogP contribution in [0.3, 0.4) is 0 Å². The molecular formula is C20H20N4O3. The predicted octanol–water partition coefficient (Wildman–Crippen LogP) is 2.97. The van der Waals surface area contributed by atoms with Crippen molar-refractivity contribution in [2.75, 3.05) is 18.1 Å². The zero-order chi connectivity index (χ0) is 18.6. The Morgan fingerprint density at radius 3 is 2.74 bits per heavy atom. The second-order valence-electron chi connectivity index (χ2n) is 6.30. The van der Waals surface area contributed by atoms with Crippen LogP contribution in [0.2, 0.25) is 0 Å². The molecule has 0 atom stereocenters. The summed E-state index contributed by atoms with van der Waals surface area (Å²) in [6.45, 7) is 0.663. The summed E-state index contributed by atoms with van der Waals surface area (Å²) in [7, 11) is 1.85. The smallest absolute Gasteiger partial charge is 0.266 e. The lowest BCUT2D eigenvalue weighted by molar-refractivity contribution is -0.120. The summed E-state index contributed by atoms with van der Waals surface area (Å²) in [4.78, 5) is 18.5. The van der Waals surface area contributed by atoms with Gasteiger partial charge in [0.2, 0.25) is 5.88 Å². The second kappa shape index (κ2) is 7.49. The number of carbonyl (C=O) groups is 1. The highest BCUT2D eigenvalue weighted by Gasteiger charge is 2.26. The maximum Gasteiger partial charge on any atom is 0.266 e. The van der Waals surface area contributed by atoms with Crippen molar-refractivity contribution in [1.29, 1.82) is 0 Å². The molecule has 0 aliphatic carbocycles. The van der Waals surface area contributed by atoms with Gasteiger partial charge >= 0.3 is 0 Å². The van der Waals surface area contributed by atoms with Crippen LogP contribution in [-0.2, 0) is 18.3 Å². The van der Waals surface area contributed by atoms with Gasteiger partial charge in [-0.15, -0.1) is 0 Å². The minimum atomic E-state index is -0.0756. The zero-order valence-electron chi connectivity index (χ0n) is 15.0. The Balaban J connectivity index is 1.36. The molecule has 1 aliphatic rings. The number of benzene rings is 1. The number of anilines is 1. The summed E-state index contributed by atoms with van der Waals surface area (Å²) in [5.41, 5.74) is 1.10. The molecule has 0 spiro atoms. The van der Waals surface area contributed by atoms with Gasteiger partial charge in [0.15, 0.2) is 6.61 Å². The molecule has 0 bridgehead atoms. The summed E-state index contributed by atoms with van der Waals surface area (Å²) < 4.78 is 13.1. The van der Waals surface area contributed by atoms with Gasteiger partial charge in [0.25, 0.3) is 5.91 Å². The Morgan fingerprint density at radius 1 is 1.15 bits per heavy atom. The lowest BCUT2D eigenvalue weighted by Crippen LogP contribution is -2.39. The molecule has 0 N–H and O–H groups in total. The molecule has 3 heterocycles. The van der Waals surface area contributed by atoms with Crippen LogP contribution >= 0.6 is 0 Å². The third kappa shape index (κ3) is 3.76. The first-order valence-electron chi connectivity index (χ1n) is 8.84. The summed E-state index contributed by atoms with van der Waals surface area (Å²) in [5.74, 6) is 2.59. The van der Waals surface area contributed by atoms with E-state index in [9.17, 15) is 4.79 Å². The molecule has 1 aromatic carbocycles. The first-order valence-corrected chi connectivity index (χ1v) is 8.84. The lowest BCUT2D eigenvalue weighted by Gasteiger charge is -2.27. The fourth-order valence-electron chi connectivity index (χ4n) is 3.13. The van der Waals surface area contributed by atoms with Crippen molar-refractivity contribution >= 4 is 11.7 Å². The average molecular weight is 364 g/mol. The van der Waals surface area contributed by atoms with Gasteiger partial charge in [0.05, 0.1) is 6.20 Å². The predicted molar refractivity (Wildman–Crippen MR) is 100 cm³/mol. The molecule has 0 saturated heterocycles. The molecule has 7 heteroatoms. The zero-order valence-corrected chi connectivity index (χ0v) is 15.0. The van der Waals surface area contributed by atoms with E-state index in [1.165, 1.54) is 0 Å². The third-order valence-corrected chi connectivity index (χ3v) is 4.41. The Morgan fingerprint density at radius 2 is 1.96 bits per heavy atom. The number of rotatable bonds is 5. The SMILES string of the molecule is Cn1ncc2c1N(C(=O)COc1ccc(Oc3ccccn3)cc1)CCC2. The van der Waals surface area contributed by atoms with Gasteiger partial charge in [-0.05, 0) is 43.2 Å². The number of carbonyl (C=O) groups excluding carboxylic acids is 1. The summed E-state index contributed by atoms with van der Waals surface area (Å²) in [6, 6.07) is 12.6. The van der Waals surface area contributed by atoms with E-state index in [0.717, 1.165) is 24.2 Å². The Hall–Kier alpha value is -3.35. The Bertz CT molecular complexity index is 922. The highest BCUT2D eigenvalue weighted by Crippen LogP contribution is 2.27. The van der Waals surface area contributed by atoms with Crippen LogP contribution in [0.1, 0.15) is 12.0 Å². The number of aromatic nitrogens is 3. The van der Waals surface area contributed by atoms with Crippen molar-refractivity contribution < 1.29 is 14.3 Å². The second-order valence-corrected chi connectivity index (χ2v) is 6.30. The molecular weight excluding hydrogens is 344 g/mol. The topological polar surface area (TPSA) is 69.5 Å². The highest BCUT2D eigenvalue weighted by atomic mass is 16.5. The Labute approximate surface area is 157 Å². The van der Waals surface area contributed by atoms with Gasteiger partial charge in [-0.1, -0.05) is 6.07 Å². The molecule has 2 aromatic heterocycles. The van der Waals surface area contributed by atoms with Crippen LogP contribution < -0.4 is 14.4 Å². The van der Waals surface area contributed by atoms with E-state index >= 15 is 0 Å². The largest absolute Gasteiger partial charge is 0.484 e. The number of aryl methyl sites for hydroxylation is 2. The van der Waals surface area contributed by atoms with Crippen molar-refractivity contribution in [3.63, 3.8) is 0 Å². The van der Waals surface area contributed by atoms with Gasteiger partial charge < -0.3 is 9.47 Å². The minimum Gasteiger partial charge on any atom is -0.484 e. The van der Waals surface area contributed by atoms with Gasteiger partial charge in [0.1, 0.15) is 17.3 Å². The molecule has 4 rings (SSSR count). The number of fused-ring (bicyclic) bond motifs is 1. The molecule has 0 fully saturated rings. The molecule has 1 amide bonds. The molecule has 7 nitrogen and oxygen atoms in total. The number of amides is 1. The van der Waals surface area contributed by atoms with E-state index < -0.39 is 0 Å². The molecule has 0 saturated carbocycles. The summed E-state index contributed by atoms with van der Waals surface area (Å²) in [5, 5.41) is 4.26. The van der Waals surface area contributed by atoms with E-state index in [-0.39, 0.29) is 12.5 Å². The molecule has 27 heavy (non-hydrogen) atoms.